The summed E-state index contributed by atoms with van der Waals surface area (Å²) in [5.41, 5.74) is 1.26. The van der Waals surface area contributed by atoms with Crippen LogP contribution in [0.5, 0.6) is 0 Å². The third-order valence-electron chi connectivity index (χ3n) is 5.02. The van der Waals surface area contributed by atoms with E-state index >= 15 is 0 Å². The third kappa shape index (κ3) is 3.62. The van der Waals surface area contributed by atoms with E-state index in [4.69, 9.17) is 0 Å². The number of fused-ring (bicyclic) bond motifs is 3. The Morgan fingerprint density at radius 2 is 2.20 bits per heavy atom. The van der Waals surface area contributed by atoms with Crippen molar-refractivity contribution in [3.8, 4) is 0 Å². The Labute approximate surface area is 155 Å². The second-order valence-electron chi connectivity index (χ2n) is 7.71. The van der Waals surface area contributed by atoms with Crippen molar-refractivity contribution in [3.05, 3.63) is 20.8 Å². The molecule has 0 fully saturated rings. The summed E-state index contributed by atoms with van der Waals surface area (Å²) in [7, 11) is 0. The second kappa shape index (κ2) is 6.76. The maximum atomic E-state index is 12.6. The van der Waals surface area contributed by atoms with Gasteiger partial charge in [-0.2, -0.15) is 0 Å². The van der Waals surface area contributed by atoms with E-state index in [-0.39, 0.29) is 11.0 Å². The fourth-order valence-electron chi connectivity index (χ4n) is 3.40. The molecule has 0 spiro atoms. The Morgan fingerprint density at radius 1 is 1.48 bits per heavy atom. The van der Waals surface area contributed by atoms with Gasteiger partial charge < -0.3 is 10.1 Å². The van der Waals surface area contributed by atoms with Crippen molar-refractivity contribution in [1.82, 2.24) is 9.97 Å². The van der Waals surface area contributed by atoms with Gasteiger partial charge in [-0.05, 0) is 42.6 Å². The molecule has 0 saturated carbocycles. The largest absolute Gasteiger partial charge is 0.480 e. The van der Waals surface area contributed by atoms with Gasteiger partial charge in [0.1, 0.15) is 10.1 Å². The molecule has 0 saturated heterocycles. The van der Waals surface area contributed by atoms with E-state index in [1.54, 1.807) is 11.3 Å². The molecular weight excluding hydrogens is 356 g/mol. The number of H-pyrrole nitrogens is 1. The van der Waals surface area contributed by atoms with Crippen LogP contribution in [0.4, 0.5) is 0 Å². The van der Waals surface area contributed by atoms with Gasteiger partial charge in [0.15, 0.2) is 5.16 Å². The van der Waals surface area contributed by atoms with Gasteiger partial charge in [-0.1, -0.05) is 39.5 Å². The molecule has 5 nitrogen and oxygen atoms in total. The number of hydrogen-bond donors (Lipinski definition) is 2. The topological polar surface area (TPSA) is 83.0 Å². The fourth-order valence-corrected chi connectivity index (χ4v) is 5.59. The summed E-state index contributed by atoms with van der Waals surface area (Å²) in [4.78, 5) is 33.2. The van der Waals surface area contributed by atoms with Crippen molar-refractivity contribution in [1.29, 1.82) is 0 Å². The minimum atomic E-state index is -0.881. The molecule has 2 aromatic rings. The molecule has 136 valence electrons. The molecule has 0 radical (unpaired) electrons. The van der Waals surface area contributed by atoms with Gasteiger partial charge in [0.2, 0.25) is 0 Å². The molecular formula is C18H24N2O3S2. The first-order chi connectivity index (χ1) is 11.7. The highest BCUT2D eigenvalue weighted by Gasteiger charge is 2.31. The maximum absolute atomic E-state index is 12.6. The van der Waals surface area contributed by atoms with E-state index in [9.17, 15) is 14.7 Å². The van der Waals surface area contributed by atoms with Gasteiger partial charge >= 0.3 is 5.97 Å². The van der Waals surface area contributed by atoms with Crippen LogP contribution in [-0.2, 0) is 17.6 Å². The number of nitrogens with one attached hydrogen (secondary N) is 1. The van der Waals surface area contributed by atoms with Gasteiger partial charge in [0.25, 0.3) is 5.56 Å². The lowest BCUT2D eigenvalue weighted by molar-refractivity contribution is -0.136. The maximum Gasteiger partial charge on any atom is 0.317 e. The van der Waals surface area contributed by atoms with Crippen LogP contribution in [0.2, 0.25) is 0 Å². The molecule has 2 heterocycles. The summed E-state index contributed by atoms with van der Waals surface area (Å²) in [6, 6.07) is 0. The average Bonchev–Trinajstić information content (AvgIpc) is 2.89. The Hall–Kier alpha value is -1.34. The number of thioether (sulfide) groups is 1. The normalized spacial score (nSPS) is 19.0. The highest BCUT2D eigenvalue weighted by atomic mass is 32.2. The van der Waals surface area contributed by atoms with E-state index in [0.29, 0.717) is 22.9 Å². The zero-order chi connectivity index (χ0) is 18.4. The van der Waals surface area contributed by atoms with E-state index in [2.05, 4.69) is 30.7 Å². The number of aryl methyl sites for hydroxylation is 1. The van der Waals surface area contributed by atoms with Gasteiger partial charge in [-0.15, -0.1) is 11.3 Å². The number of aromatic amines is 1. The fraction of sp³-hybridized carbons (Fsp3) is 0.611. The van der Waals surface area contributed by atoms with Crippen LogP contribution in [0.15, 0.2) is 9.95 Å². The SMILES string of the molecule is CCC(Sc1nc2sc3c(c2c(=O)[nH]1)CCC(C(C)(C)C)C3)C(=O)O. The van der Waals surface area contributed by atoms with Crippen LogP contribution < -0.4 is 5.56 Å². The van der Waals surface area contributed by atoms with E-state index in [1.807, 2.05) is 6.92 Å². The number of thiophene rings is 1. The van der Waals surface area contributed by atoms with Crippen molar-refractivity contribution in [2.24, 2.45) is 11.3 Å². The van der Waals surface area contributed by atoms with E-state index in [0.717, 1.165) is 41.4 Å². The van der Waals surface area contributed by atoms with Crippen LogP contribution in [0.1, 0.15) is 51.0 Å². The first-order valence-electron chi connectivity index (χ1n) is 8.64. The number of carbonyl (C=O) groups is 1. The molecule has 7 heteroatoms. The van der Waals surface area contributed by atoms with E-state index in [1.165, 1.54) is 4.88 Å². The number of aromatic nitrogens is 2. The number of carboxylic acid groups (broad SMARTS) is 1. The Balaban J connectivity index is 1.98. The lowest BCUT2D eigenvalue weighted by Crippen LogP contribution is -2.26. The van der Waals surface area contributed by atoms with Crippen molar-refractivity contribution in [2.75, 3.05) is 0 Å². The smallest absolute Gasteiger partial charge is 0.317 e. The van der Waals surface area contributed by atoms with Crippen LogP contribution in [0.3, 0.4) is 0 Å². The third-order valence-corrected chi connectivity index (χ3v) is 7.41. The molecule has 2 unspecified atom stereocenters. The summed E-state index contributed by atoms with van der Waals surface area (Å²) in [5.74, 6) is -0.272. The number of hydrogen-bond acceptors (Lipinski definition) is 5. The van der Waals surface area contributed by atoms with Gasteiger partial charge in [-0.3, -0.25) is 9.59 Å². The predicted octanol–water partition coefficient (Wildman–Crippen LogP) is 4.09. The highest BCUT2D eigenvalue weighted by molar-refractivity contribution is 8.00. The van der Waals surface area contributed by atoms with Crippen LogP contribution in [0.25, 0.3) is 10.2 Å². The molecule has 3 rings (SSSR count). The molecule has 0 bridgehead atoms. The molecule has 0 amide bonds. The summed E-state index contributed by atoms with van der Waals surface area (Å²) in [6.07, 6.45) is 3.49. The Kier molecular flexibility index (Phi) is 4.99. The van der Waals surface area contributed by atoms with Gasteiger partial charge in [0.05, 0.1) is 5.39 Å². The minimum absolute atomic E-state index is 0.139. The van der Waals surface area contributed by atoms with Crippen LogP contribution in [0, 0.1) is 11.3 Å². The molecule has 2 aromatic heterocycles. The lowest BCUT2D eigenvalue weighted by Gasteiger charge is -2.33. The van der Waals surface area contributed by atoms with Crippen LogP contribution >= 0.6 is 23.1 Å². The Bertz CT molecular complexity index is 864. The molecule has 1 aliphatic rings. The van der Waals surface area contributed by atoms with Gasteiger partial charge in [0, 0.05) is 4.88 Å². The Morgan fingerprint density at radius 3 is 2.80 bits per heavy atom. The first kappa shape index (κ1) is 18.5. The molecule has 0 aliphatic heterocycles. The van der Waals surface area contributed by atoms with Crippen LogP contribution in [-0.4, -0.2) is 26.3 Å². The minimum Gasteiger partial charge on any atom is -0.480 e. The average molecular weight is 381 g/mol. The predicted molar refractivity (Wildman–Crippen MR) is 103 cm³/mol. The van der Waals surface area contributed by atoms with Crippen molar-refractivity contribution in [3.63, 3.8) is 0 Å². The summed E-state index contributed by atoms with van der Waals surface area (Å²) < 4.78 is 0. The van der Waals surface area contributed by atoms with Crippen molar-refractivity contribution in [2.45, 2.75) is 63.8 Å². The molecule has 2 atom stereocenters. The molecule has 2 N–H and O–H groups in total. The summed E-state index contributed by atoms with van der Waals surface area (Å²) in [6.45, 7) is 8.63. The molecule has 1 aliphatic carbocycles. The first-order valence-corrected chi connectivity index (χ1v) is 10.3. The molecule has 25 heavy (non-hydrogen) atoms. The quantitative estimate of drug-likeness (QED) is 0.616. The van der Waals surface area contributed by atoms with Crippen molar-refractivity contribution < 1.29 is 9.90 Å². The zero-order valence-electron chi connectivity index (χ0n) is 15.0. The monoisotopic (exact) mass is 380 g/mol. The number of aliphatic carboxylic acids is 1. The number of carboxylic acids is 1. The number of rotatable bonds is 4. The van der Waals surface area contributed by atoms with Crippen molar-refractivity contribution >= 4 is 39.3 Å². The summed E-state index contributed by atoms with van der Waals surface area (Å²) in [5, 5.41) is 9.73. The number of nitrogens with zero attached hydrogens (tertiary/aromatic N) is 1. The second-order valence-corrected chi connectivity index (χ2v) is 9.99. The standard InChI is InChI=1S/C18H24N2O3S2/c1-5-11(16(22)23)25-17-19-14(21)13-10-7-6-9(18(2,3)4)8-12(10)24-15(13)20-17/h9,11H,5-8H2,1-4H3,(H,22,23)(H,19,20,21). The zero-order valence-corrected chi connectivity index (χ0v) is 16.6. The molecule has 0 aromatic carbocycles. The van der Waals surface area contributed by atoms with Gasteiger partial charge in [-0.25, -0.2) is 4.98 Å². The highest BCUT2D eigenvalue weighted by Crippen LogP contribution is 2.42. The van der Waals surface area contributed by atoms with E-state index < -0.39 is 11.2 Å². The lowest BCUT2D eigenvalue weighted by atomic mass is 9.72. The summed E-state index contributed by atoms with van der Waals surface area (Å²) >= 11 is 2.72.